The molecule has 1 amide bonds. The molecule has 5 heteroatoms. The molecule has 0 radical (unpaired) electrons. The van der Waals surface area contributed by atoms with E-state index in [-0.39, 0.29) is 11.4 Å². The van der Waals surface area contributed by atoms with E-state index < -0.39 is 0 Å². The fourth-order valence-electron chi connectivity index (χ4n) is 1.26. The van der Waals surface area contributed by atoms with E-state index >= 15 is 0 Å². The van der Waals surface area contributed by atoms with E-state index in [0.717, 1.165) is 12.2 Å². The molecular formula is C11H20N4O. The Bertz CT molecular complexity index is 351. The number of hydrogen-bond donors (Lipinski definition) is 2. The van der Waals surface area contributed by atoms with E-state index in [2.05, 4.69) is 10.4 Å². The fraction of sp³-hybridized carbons (Fsp3) is 0.636. The maximum absolute atomic E-state index is 11.6. The number of carbonyl (C=O) groups is 1. The van der Waals surface area contributed by atoms with Crippen LogP contribution in [0.5, 0.6) is 0 Å². The third-order valence-electron chi connectivity index (χ3n) is 2.24. The highest BCUT2D eigenvalue weighted by molar-refractivity contribution is 5.90. The molecule has 3 N–H and O–H groups in total. The number of aryl methyl sites for hydroxylation is 1. The minimum atomic E-state index is -0.301. The van der Waals surface area contributed by atoms with Crippen molar-refractivity contribution in [3.8, 4) is 0 Å². The number of nitrogens with zero attached hydrogens (tertiary/aromatic N) is 2. The molecule has 0 unspecified atom stereocenters. The number of amides is 1. The largest absolute Gasteiger partial charge is 0.326 e. The molecule has 0 spiro atoms. The first-order valence-electron chi connectivity index (χ1n) is 5.52. The number of rotatable bonds is 5. The summed E-state index contributed by atoms with van der Waals surface area (Å²) in [6.07, 6.45) is 4.56. The first kappa shape index (κ1) is 12.7. The molecule has 5 nitrogen and oxygen atoms in total. The standard InChI is InChI=1S/C11H20N4O/c1-4-15-8-9(7-13-15)14-10(16)5-6-11(2,3)12/h7-8H,4-6,12H2,1-3H3,(H,14,16). The predicted molar refractivity (Wildman–Crippen MR) is 64.0 cm³/mol. The van der Waals surface area contributed by atoms with Gasteiger partial charge in [0.25, 0.3) is 0 Å². The van der Waals surface area contributed by atoms with Crippen molar-refractivity contribution in [1.29, 1.82) is 0 Å². The molecule has 0 saturated heterocycles. The quantitative estimate of drug-likeness (QED) is 0.793. The highest BCUT2D eigenvalue weighted by Crippen LogP contribution is 2.10. The summed E-state index contributed by atoms with van der Waals surface area (Å²) in [6.45, 7) is 6.62. The average molecular weight is 224 g/mol. The second-order valence-corrected chi connectivity index (χ2v) is 4.62. The van der Waals surface area contributed by atoms with Crippen LogP contribution in [0.15, 0.2) is 12.4 Å². The van der Waals surface area contributed by atoms with Crippen molar-refractivity contribution in [2.75, 3.05) is 5.32 Å². The van der Waals surface area contributed by atoms with Crippen molar-refractivity contribution < 1.29 is 4.79 Å². The van der Waals surface area contributed by atoms with E-state index in [0.29, 0.717) is 12.8 Å². The Morgan fingerprint density at radius 3 is 2.81 bits per heavy atom. The van der Waals surface area contributed by atoms with E-state index in [1.165, 1.54) is 0 Å². The number of nitrogens with one attached hydrogen (secondary N) is 1. The third kappa shape index (κ3) is 4.44. The first-order valence-corrected chi connectivity index (χ1v) is 5.52. The zero-order valence-electron chi connectivity index (χ0n) is 10.2. The summed E-state index contributed by atoms with van der Waals surface area (Å²) >= 11 is 0. The maximum atomic E-state index is 11.6. The Kier molecular flexibility index (Phi) is 4.06. The number of anilines is 1. The van der Waals surface area contributed by atoms with Gasteiger partial charge in [0.2, 0.25) is 5.91 Å². The monoisotopic (exact) mass is 224 g/mol. The Balaban J connectivity index is 2.40. The van der Waals surface area contributed by atoms with E-state index in [4.69, 9.17) is 5.73 Å². The summed E-state index contributed by atoms with van der Waals surface area (Å²) in [7, 11) is 0. The third-order valence-corrected chi connectivity index (χ3v) is 2.24. The lowest BCUT2D eigenvalue weighted by atomic mass is 10.00. The molecule has 0 saturated carbocycles. The molecule has 0 aliphatic heterocycles. The Hall–Kier alpha value is -1.36. The Morgan fingerprint density at radius 1 is 1.62 bits per heavy atom. The molecule has 0 aliphatic rings. The van der Waals surface area contributed by atoms with Crippen molar-refractivity contribution in [1.82, 2.24) is 9.78 Å². The van der Waals surface area contributed by atoms with E-state index in [1.54, 1.807) is 10.9 Å². The van der Waals surface area contributed by atoms with Crippen LogP contribution in [0.25, 0.3) is 0 Å². The topological polar surface area (TPSA) is 72.9 Å². The zero-order valence-corrected chi connectivity index (χ0v) is 10.2. The van der Waals surface area contributed by atoms with Gasteiger partial charge >= 0.3 is 0 Å². The van der Waals surface area contributed by atoms with Gasteiger partial charge in [-0.2, -0.15) is 5.10 Å². The lowest BCUT2D eigenvalue weighted by Crippen LogP contribution is -2.33. The van der Waals surface area contributed by atoms with Gasteiger partial charge in [0.05, 0.1) is 11.9 Å². The molecule has 1 aromatic heterocycles. The van der Waals surface area contributed by atoms with Gasteiger partial charge in [-0.1, -0.05) is 0 Å². The van der Waals surface area contributed by atoms with Crippen LogP contribution in [0.1, 0.15) is 33.6 Å². The summed E-state index contributed by atoms with van der Waals surface area (Å²) in [4.78, 5) is 11.6. The van der Waals surface area contributed by atoms with Gasteiger partial charge in [0, 0.05) is 24.7 Å². The van der Waals surface area contributed by atoms with Crippen LogP contribution in [0.4, 0.5) is 5.69 Å². The predicted octanol–water partition coefficient (Wildman–Crippen LogP) is 1.36. The average Bonchev–Trinajstić information content (AvgIpc) is 2.61. The van der Waals surface area contributed by atoms with Gasteiger partial charge in [-0.05, 0) is 27.2 Å². The summed E-state index contributed by atoms with van der Waals surface area (Å²) < 4.78 is 1.77. The molecule has 1 rings (SSSR count). The highest BCUT2D eigenvalue weighted by Gasteiger charge is 2.13. The van der Waals surface area contributed by atoms with Gasteiger partial charge in [-0.15, -0.1) is 0 Å². The molecule has 0 aromatic carbocycles. The summed E-state index contributed by atoms with van der Waals surface area (Å²) in [5, 5.41) is 6.87. The van der Waals surface area contributed by atoms with Crippen LogP contribution in [-0.4, -0.2) is 21.2 Å². The second kappa shape index (κ2) is 5.12. The van der Waals surface area contributed by atoms with Crippen molar-refractivity contribution in [3.63, 3.8) is 0 Å². The zero-order chi connectivity index (χ0) is 12.2. The SMILES string of the molecule is CCn1cc(NC(=O)CCC(C)(C)N)cn1. The number of aromatic nitrogens is 2. The second-order valence-electron chi connectivity index (χ2n) is 4.62. The van der Waals surface area contributed by atoms with Crippen molar-refractivity contribution in [3.05, 3.63) is 12.4 Å². The molecule has 0 bridgehead atoms. The van der Waals surface area contributed by atoms with Gasteiger partial charge in [0.1, 0.15) is 0 Å². The first-order chi connectivity index (χ1) is 7.40. The fourth-order valence-corrected chi connectivity index (χ4v) is 1.26. The molecule has 90 valence electrons. The van der Waals surface area contributed by atoms with Crippen molar-refractivity contribution >= 4 is 11.6 Å². The molecule has 1 heterocycles. The number of hydrogen-bond acceptors (Lipinski definition) is 3. The van der Waals surface area contributed by atoms with Gasteiger partial charge in [-0.25, -0.2) is 0 Å². The summed E-state index contributed by atoms with van der Waals surface area (Å²) in [6, 6.07) is 0. The van der Waals surface area contributed by atoms with Crippen LogP contribution in [0.3, 0.4) is 0 Å². The molecular weight excluding hydrogens is 204 g/mol. The number of carbonyl (C=O) groups excluding carboxylic acids is 1. The van der Waals surface area contributed by atoms with Crippen LogP contribution in [-0.2, 0) is 11.3 Å². The van der Waals surface area contributed by atoms with Crippen molar-refractivity contribution in [2.45, 2.75) is 45.7 Å². The molecule has 16 heavy (non-hydrogen) atoms. The lowest BCUT2D eigenvalue weighted by Gasteiger charge is -2.17. The van der Waals surface area contributed by atoms with Crippen LogP contribution in [0, 0.1) is 0 Å². The summed E-state index contributed by atoms with van der Waals surface area (Å²) in [5.74, 6) is -0.0193. The molecule has 0 aliphatic carbocycles. The van der Waals surface area contributed by atoms with Gasteiger partial charge in [0.15, 0.2) is 0 Å². The Labute approximate surface area is 96.0 Å². The minimum absolute atomic E-state index is 0.0193. The van der Waals surface area contributed by atoms with E-state index in [1.807, 2.05) is 27.0 Å². The van der Waals surface area contributed by atoms with Crippen LogP contribution in [0.2, 0.25) is 0 Å². The van der Waals surface area contributed by atoms with Crippen molar-refractivity contribution in [2.24, 2.45) is 5.73 Å². The van der Waals surface area contributed by atoms with Gasteiger partial charge < -0.3 is 11.1 Å². The highest BCUT2D eigenvalue weighted by atomic mass is 16.1. The molecule has 0 fully saturated rings. The van der Waals surface area contributed by atoms with Crippen LogP contribution < -0.4 is 11.1 Å². The molecule has 0 atom stereocenters. The number of nitrogens with two attached hydrogens (primary N) is 1. The maximum Gasteiger partial charge on any atom is 0.224 e. The Morgan fingerprint density at radius 2 is 2.31 bits per heavy atom. The smallest absolute Gasteiger partial charge is 0.224 e. The van der Waals surface area contributed by atoms with Gasteiger partial charge in [-0.3, -0.25) is 9.48 Å². The van der Waals surface area contributed by atoms with E-state index in [9.17, 15) is 4.79 Å². The molecule has 1 aromatic rings. The summed E-state index contributed by atoms with van der Waals surface area (Å²) in [5.41, 5.74) is 6.24. The normalized spacial score (nSPS) is 11.5. The minimum Gasteiger partial charge on any atom is -0.326 e. The van der Waals surface area contributed by atoms with Crippen LogP contribution >= 0.6 is 0 Å². The lowest BCUT2D eigenvalue weighted by molar-refractivity contribution is -0.116.